The number of imide groups is 1. The van der Waals surface area contributed by atoms with Crippen LogP contribution in [0.25, 0.3) is 0 Å². The van der Waals surface area contributed by atoms with Gasteiger partial charge in [0.05, 0.1) is 0 Å². The van der Waals surface area contributed by atoms with E-state index in [2.05, 4.69) is 10.2 Å². The van der Waals surface area contributed by atoms with Crippen LogP contribution in [-0.2, 0) is 4.79 Å². The molecule has 0 spiro atoms. The molecule has 2 aliphatic heterocycles. The van der Waals surface area contributed by atoms with Gasteiger partial charge in [-0.15, -0.1) is 0 Å². The third-order valence-corrected chi connectivity index (χ3v) is 4.87. The number of rotatable bonds is 5. The zero-order valence-electron chi connectivity index (χ0n) is 14.2. The minimum atomic E-state index is -0.811. The molecule has 0 aromatic heterocycles. The lowest BCUT2D eigenvalue weighted by molar-refractivity contribution is -0.130. The average Bonchev–Trinajstić information content (AvgIpc) is 3.05. The molecule has 2 aliphatic rings. The Morgan fingerprint density at radius 2 is 2.08 bits per heavy atom. The van der Waals surface area contributed by atoms with Gasteiger partial charge in [0, 0.05) is 19.1 Å². The first kappa shape index (κ1) is 16.9. The fourth-order valence-corrected chi connectivity index (χ4v) is 3.64. The zero-order valence-corrected chi connectivity index (χ0v) is 14.2. The molecule has 1 aromatic carbocycles. The third-order valence-electron chi connectivity index (χ3n) is 4.87. The van der Waals surface area contributed by atoms with E-state index < -0.39 is 5.54 Å². The highest BCUT2D eigenvalue weighted by molar-refractivity contribution is 6.06. The van der Waals surface area contributed by atoms with Crippen molar-refractivity contribution in [3.05, 3.63) is 35.6 Å². The maximum absolute atomic E-state index is 13.5. The second kappa shape index (κ2) is 6.51. The van der Waals surface area contributed by atoms with Gasteiger partial charge in [0.15, 0.2) is 0 Å². The quantitative estimate of drug-likeness (QED) is 0.843. The van der Waals surface area contributed by atoms with E-state index in [4.69, 9.17) is 0 Å². The molecule has 130 valence electrons. The van der Waals surface area contributed by atoms with Crippen LogP contribution in [0.4, 0.5) is 9.18 Å². The number of benzene rings is 1. The van der Waals surface area contributed by atoms with Gasteiger partial charge in [-0.05, 0) is 57.4 Å². The van der Waals surface area contributed by atoms with Crippen LogP contribution in [0.1, 0.15) is 44.7 Å². The molecule has 0 aliphatic carbocycles. The van der Waals surface area contributed by atoms with Gasteiger partial charge < -0.3 is 5.32 Å². The monoisotopic (exact) mass is 333 g/mol. The number of nitrogens with one attached hydrogen (secondary N) is 1. The minimum Gasteiger partial charge on any atom is -0.324 e. The number of halogens is 1. The highest BCUT2D eigenvalue weighted by atomic mass is 19.1. The van der Waals surface area contributed by atoms with Crippen molar-refractivity contribution < 1.29 is 14.0 Å². The van der Waals surface area contributed by atoms with Crippen LogP contribution in [-0.4, -0.2) is 46.9 Å². The normalized spacial score (nSPS) is 23.8. The van der Waals surface area contributed by atoms with Crippen LogP contribution in [0, 0.1) is 5.82 Å². The van der Waals surface area contributed by atoms with Gasteiger partial charge in [-0.1, -0.05) is 12.1 Å². The van der Waals surface area contributed by atoms with E-state index >= 15 is 0 Å². The van der Waals surface area contributed by atoms with Gasteiger partial charge in [-0.25, -0.2) is 9.18 Å². The van der Waals surface area contributed by atoms with Crippen molar-refractivity contribution >= 4 is 11.9 Å². The maximum Gasteiger partial charge on any atom is 0.325 e. The number of hydrogen-bond acceptors (Lipinski definition) is 3. The Kier molecular flexibility index (Phi) is 4.58. The molecule has 1 N–H and O–H groups in total. The largest absolute Gasteiger partial charge is 0.325 e. The van der Waals surface area contributed by atoms with Crippen LogP contribution in [0.15, 0.2) is 24.3 Å². The standard InChI is InChI=1S/C18H24FN3O2/c1-18(2)16(23)22(17(24)20-18)11-5-10-21-9-4-8-15(21)13-6-3-7-14(19)12-13/h3,6-7,12,15H,4-5,8-11H2,1-2H3,(H,20,24). The number of nitrogens with zero attached hydrogens (tertiary/aromatic N) is 2. The summed E-state index contributed by atoms with van der Waals surface area (Å²) in [6.07, 6.45) is 2.82. The van der Waals surface area contributed by atoms with Gasteiger partial charge in [-0.3, -0.25) is 14.6 Å². The molecule has 2 heterocycles. The Morgan fingerprint density at radius 3 is 2.75 bits per heavy atom. The lowest BCUT2D eigenvalue weighted by Gasteiger charge is -2.25. The maximum atomic E-state index is 13.5. The SMILES string of the molecule is CC1(C)NC(=O)N(CCCN2CCCC2c2cccc(F)c2)C1=O. The predicted molar refractivity (Wildman–Crippen MR) is 88.9 cm³/mol. The van der Waals surface area contributed by atoms with Crippen molar-refractivity contribution in [2.75, 3.05) is 19.6 Å². The van der Waals surface area contributed by atoms with E-state index in [9.17, 15) is 14.0 Å². The average molecular weight is 333 g/mol. The highest BCUT2D eigenvalue weighted by Crippen LogP contribution is 2.32. The highest BCUT2D eigenvalue weighted by Gasteiger charge is 2.43. The molecular formula is C18H24FN3O2. The smallest absolute Gasteiger partial charge is 0.324 e. The summed E-state index contributed by atoms with van der Waals surface area (Å²) in [6.45, 7) is 5.60. The summed E-state index contributed by atoms with van der Waals surface area (Å²) in [6, 6.07) is 6.68. The van der Waals surface area contributed by atoms with E-state index in [-0.39, 0.29) is 23.8 Å². The van der Waals surface area contributed by atoms with Crippen molar-refractivity contribution in [3.8, 4) is 0 Å². The van der Waals surface area contributed by atoms with Crippen molar-refractivity contribution in [2.45, 2.75) is 44.7 Å². The van der Waals surface area contributed by atoms with Crippen LogP contribution in [0.2, 0.25) is 0 Å². The van der Waals surface area contributed by atoms with Crippen LogP contribution in [0.5, 0.6) is 0 Å². The summed E-state index contributed by atoms with van der Waals surface area (Å²) in [5.74, 6) is -0.378. The molecule has 2 saturated heterocycles. The molecule has 0 saturated carbocycles. The first-order chi connectivity index (χ1) is 11.4. The third kappa shape index (κ3) is 3.29. The van der Waals surface area contributed by atoms with Crippen molar-refractivity contribution in [2.24, 2.45) is 0 Å². The summed E-state index contributed by atoms with van der Waals surface area (Å²) < 4.78 is 13.5. The fraction of sp³-hybridized carbons (Fsp3) is 0.556. The second-order valence-electron chi connectivity index (χ2n) is 7.11. The van der Waals surface area contributed by atoms with Gasteiger partial charge in [0.1, 0.15) is 11.4 Å². The number of likely N-dealkylation sites (tertiary alicyclic amines) is 1. The number of hydrogen-bond donors (Lipinski definition) is 1. The van der Waals surface area contributed by atoms with Gasteiger partial charge in [0.25, 0.3) is 5.91 Å². The lowest BCUT2D eigenvalue weighted by atomic mass is 10.0. The van der Waals surface area contributed by atoms with E-state index in [1.807, 2.05) is 6.07 Å². The fourth-order valence-electron chi connectivity index (χ4n) is 3.64. The number of urea groups is 1. The van der Waals surface area contributed by atoms with Crippen LogP contribution in [0.3, 0.4) is 0 Å². The van der Waals surface area contributed by atoms with E-state index in [0.717, 1.165) is 37.9 Å². The Balaban J connectivity index is 1.57. The van der Waals surface area contributed by atoms with Crippen molar-refractivity contribution in [1.29, 1.82) is 0 Å². The molecule has 6 heteroatoms. The molecular weight excluding hydrogens is 309 g/mol. The van der Waals surface area contributed by atoms with E-state index in [1.54, 1.807) is 26.0 Å². The summed E-state index contributed by atoms with van der Waals surface area (Å²) in [5, 5.41) is 2.69. The Labute approximate surface area is 141 Å². The number of carbonyl (C=O) groups excluding carboxylic acids is 2. The topological polar surface area (TPSA) is 52.7 Å². The molecule has 1 atom stereocenters. The Bertz CT molecular complexity index is 647. The molecule has 24 heavy (non-hydrogen) atoms. The molecule has 3 amide bonds. The van der Waals surface area contributed by atoms with Crippen LogP contribution >= 0.6 is 0 Å². The minimum absolute atomic E-state index is 0.171. The molecule has 1 unspecified atom stereocenters. The van der Waals surface area contributed by atoms with Gasteiger partial charge in [-0.2, -0.15) is 0 Å². The Morgan fingerprint density at radius 1 is 1.29 bits per heavy atom. The zero-order chi connectivity index (χ0) is 17.3. The van der Waals surface area contributed by atoms with Crippen LogP contribution < -0.4 is 5.32 Å². The number of amides is 3. The molecule has 0 bridgehead atoms. The summed E-state index contributed by atoms with van der Waals surface area (Å²) in [5.41, 5.74) is 0.193. The lowest BCUT2D eigenvalue weighted by Crippen LogP contribution is -2.40. The molecule has 5 nitrogen and oxygen atoms in total. The molecule has 0 radical (unpaired) electrons. The van der Waals surface area contributed by atoms with Gasteiger partial charge in [0.2, 0.25) is 0 Å². The number of carbonyl (C=O) groups is 2. The summed E-state index contributed by atoms with van der Waals surface area (Å²) in [4.78, 5) is 27.7. The first-order valence-electron chi connectivity index (χ1n) is 8.52. The first-order valence-corrected chi connectivity index (χ1v) is 8.52. The summed E-state index contributed by atoms with van der Waals surface area (Å²) in [7, 11) is 0. The second-order valence-corrected chi connectivity index (χ2v) is 7.11. The van der Waals surface area contributed by atoms with Crippen molar-refractivity contribution in [1.82, 2.24) is 15.1 Å². The van der Waals surface area contributed by atoms with Gasteiger partial charge >= 0.3 is 6.03 Å². The predicted octanol–water partition coefficient (Wildman–Crippen LogP) is 2.68. The summed E-state index contributed by atoms with van der Waals surface area (Å²) >= 11 is 0. The Hall–Kier alpha value is -1.95. The van der Waals surface area contributed by atoms with E-state index in [0.29, 0.717) is 6.54 Å². The molecule has 3 rings (SSSR count). The molecule has 1 aromatic rings. The van der Waals surface area contributed by atoms with E-state index in [1.165, 1.54) is 11.0 Å². The van der Waals surface area contributed by atoms with Crippen molar-refractivity contribution in [3.63, 3.8) is 0 Å². The molecule has 2 fully saturated rings.